The van der Waals surface area contributed by atoms with Crippen molar-refractivity contribution in [2.24, 2.45) is 5.92 Å². The van der Waals surface area contributed by atoms with Crippen LogP contribution in [0.4, 0.5) is 5.69 Å². The second kappa shape index (κ2) is 10.1. The largest absolute Gasteiger partial charge is 0.497 e. The van der Waals surface area contributed by atoms with Crippen LogP contribution in [-0.4, -0.2) is 69.3 Å². The topological polar surface area (TPSA) is 79.3 Å². The average molecular weight is 602 g/mol. The number of likely N-dealkylation sites (N-methyl/N-ethyl adjacent to an activating group) is 1. The Balaban J connectivity index is 1.59. The molecule has 0 saturated carbocycles. The number of anilines is 1. The zero-order valence-electron chi connectivity index (χ0n) is 22.7. The minimum Gasteiger partial charge on any atom is -0.497 e. The van der Waals surface area contributed by atoms with Crippen molar-refractivity contribution < 1.29 is 24.2 Å². The van der Waals surface area contributed by atoms with Crippen molar-refractivity contribution in [2.45, 2.75) is 62.6 Å². The number of likely N-dealkylation sites (tertiary alicyclic amines) is 1. The van der Waals surface area contributed by atoms with Crippen LogP contribution < -0.4 is 14.8 Å². The highest BCUT2D eigenvalue weighted by Crippen LogP contribution is 2.60. The second-order valence-corrected chi connectivity index (χ2v) is 17.1. The molecule has 1 spiro atoms. The van der Waals surface area contributed by atoms with Crippen molar-refractivity contribution in [3.05, 3.63) is 52.5 Å². The molecule has 2 amide bonds. The van der Waals surface area contributed by atoms with Gasteiger partial charge in [-0.1, -0.05) is 53.3 Å². The molecule has 9 heteroatoms. The van der Waals surface area contributed by atoms with Gasteiger partial charge in [0.2, 0.25) is 5.91 Å². The molecule has 5 atom stereocenters. The van der Waals surface area contributed by atoms with E-state index >= 15 is 0 Å². The molecule has 7 nitrogen and oxygen atoms in total. The van der Waals surface area contributed by atoms with Gasteiger partial charge in [0.15, 0.2) is 5.60 Å². The number of carbonyl (C=O) groups is 2. The van der Waals surface area contributed by atoms with Crippen LogP contribution in [0.5, 0.6) is 5.75 Å². The number of aliphatic hydroxyl groups excluding tert-OH is 1. The van der Waals surface area contributed by atoms with E-state index in [1.54, 1.807) is 19.1 Å². The first kappa shape index (κ1) is 27.4. The third kappa shape index (κ3) is 4.13. The van der Waals surface area contributed by atoms with E-state index in [-0.39, 0.29) is 42.3 Å². The molecule has 2 fully saturated rings. The highest BCUT2D eigenvalue weighted by molar-refractivity contribution is 9.10. The maximum Gasteiger partial charge on any atom is 0.264 e. The number of methoxy groups -OCH3 is 1. The van der Waals surface area contributed by atoms with Crippen molar-refractivity contribution >= 4 is 46.7 Å². The Hall–Kier alpha value is -2.20. The molecular weight excluding hydrogens is 564 g/mol. The van der Waals surface area contributed by atoms with Gasteiger partial charge in [-0.05, 0) is 48.7 Å². The van der Waals surface area contributed by atoms with Gasteiger partial charge < -0.3 is 24.4 Å². The van der Waals surface area contributed by atoms with Crippen molar-refractivity contribution in [3.8, 4) is 5.75 Å². The number of hydrogen-bond acceptors (Lipinski definition) is 5. The number of amides is 2. The van der Waals surface area contributed by atoms with Gasteiger partial charge in [-0.3, -0.25) is 9.59 Å². The summed E-state index contributed by atoms with van der Waals surface area (Å²) in [5.41, 5.74) is 0.555. The van der Waals surface area contributed by atoms with E-state index in [2.05, 4.69) is 48.1 Å². The molecule has 2 aromatic carbocycles. The number of rotatable bonds is 6. The van der Waals surface area contributed by atoms with Crippen LogP contribution >= 0.6 is 15.9 Å². The molecule has 0 radical (unpaired) electrons. The minimum atomic E-state index is -2.30. The van der Waals surface area contributed by atoms with E-state index in [1.165, 1.54) is 5.19 Å². The molecular formula is C29H37BrN2O5Si. The van der Waals surface area contributed by atoms with Crippen LogP contribution in [0.15, 0.2) is 46.9 Å². The fourth-order valence-electron chi connectivity index (χ4n) is 7.23. The fraction of sp³-hybridized carbons (Fsp3) is 0.517. The van der Waals surface area contributed by atoms with E-state index in [4.69, 9.17) is 9.47 Å². The number of benzene rings is 2. The molecule has 204 valence electrons. The summed E-state index contributed by atoms with van der Waals surface area (Å²) in [5.74, 6) is 0.565. The van der Waals surface area contributed by atoms with E-state index in [0.717, 1.165) is 34.3 Å². The summed E-state index contributed by atoms with van der Waals surface area (Å²) in [7, 11) is 1.16. The summed E-state index contributed by atoms with van der Waals surface area (Å²) in [6.07, 6.45) is 1.47. The van der Waals surface area contributed by atoms with Crippen LogP contribution in [0.25, 0.3) is 0 Å². The van der Waals surface area contributed by atoms with E-state index < -0.39 is 19.8 Å². The molecule has 1 N–H and O–H groups in total. The summed E-state index contributed by atoms with van der Waals surface area (Å²) in [4.78, 5) is 31.2. The van der Waals surface area contributed by atoms with Crippen LogP contribution in [0.1, 0.15) is 31.7 Å². The maximum absolute atomic E-state index is 14.0. The van der Waals surface area contributed by atoms with Gasteiger partial charge in [-0.15, -0.1) is 0 Å². The van der Waals surface area contributed by atoms with Gasteiger partial charge in [-0.25, -0.2) is 0 Å². The van der Waals surface area contributed by atoms with Crippen LogP contribution in [0, 0.1) is 5.92 Å². The third-order valence-corrected chi connectivity index (χ3v) is 14.1. The van der Waals surface area contributed by atoms with Crippen molar-refractivity contribution in [1.29, 1.82) is 0 Å². The number of nitrogens with zero attached hydrogens (tertiary/aromatic N) is 2. The summed E-state index contributed by atoms with van der Waals surface area (Å²) in [5, 5.41) is 11.1. The smallest absolute Gasteiger partial charge is 0.264 e. The molecule has 0 aliphatic carbocycles. The third-order valence-electron chi connectivity index (χ3n) is 9.21. The number of ether oxygens (including phenoxy) is 2. The second-order valence-electron chi connectivity index (χ2n) is 11.5. The molecule has 3 heterocycles. The highest BCUT2D eigenvalue weighted by Gasteiger charge is 2.66. The summed E-state index contributed by atoms with van der Waals surface area (Å²) >= 11 is 3.60. The van der Waals surface area contributed by atoms with E-state index in [0.29, 0.717) is 6.54 Å². The monoisotopic (exact) mass is 600 g/mol. The Morgan fingerprint density at radius 2 is 1.95 bits per heavy atom. The SMILES string of the molecule is COc1ccc([Si](C)(C)[C@@H]2[C@@H](CC(=O)N3CCC[C@H]3CO)O[C@]3(C(=O)N(C)c4ccc(Br)cc43)[C@H]2C)cc1. The number of hydrogen-bond donors (Lipinski definition) is 1. The summed E-state index contributed by atoms with van der Waals surface area (Å²) in [6, 6.07) is 14.0. The van der Waals surface area contributed by atoms with E-state index in [1.807, 2.05) is 35.2 Å². The lowest BCUT2D eigenvalue weighted by Gasteiger charge is -2.37. The molecule has 2 aromatic rings. The fourth-order valence-corrected chi connectivity index (χ4v) is 11.6. The lowest BCUT2D eigenvalue weighted by Crippen LogP contribution is -2.52. The number of fused-ring (bicyclic) bond motifs is 2. The zero-order valence-corrected chi connectivity index (χ0v) is 25.3. The van der Waals surface area contributed by atoms with Gasteiger partial charge in [0, 0.05) is 29.5 Å². The standard InChI is InChI=1S/C29H37BrN2O5Si/c1-18-27(38(4,5)22-11-9-21(36-3)10-12-22)25(16-26(34)32-14-6-7-20(32)17-33)37-29(18)23-15-19(30)8-13-24(23)31(2)28(29)35/h8-13,15,18,20,25,27,33H,6-7,14,16-17H2,1-5H3/t18-,20-,25+,27-,29+/m0/s1. The predicted octanol–water partition coefficient (Wildman–Crippen LogP) is 4.02. The van der Waals surface area contributed by atoms with Gasteiger partial charge in [-0.2, -0.15) is 0 Å². The molecule has 3 aliphatic rings. The number of halogens is 1. The first-order valence-corrected chi connectivity index (χ1v) is 17.2. The number of carbonyl (C=O) groups excluding carboxylic acids is 2. The van der Waals surface area contributed by atoms with Gasteiger partial charge in [0.1, 0.15) is 5.75 Å². The lowest BCUT2D eigenvalue weighted by molar-refractivity contribution is -0.149. The molecule has 3 aliphatic heterocycles. The molecule has 38 heavy (non-hydrogen) atoms. The molecule has 0 aromatic heterocycles. The minimum absolute atomic E-state index is 0.00249. The Bertz CT molecular complexity index is 1240. The zero-order chi connectivity index (χ0) is 27.4. The van der Waals surface area contributed by atoms with Crippen LogP contribution in [0.3, 0.4) is 0 Å². The molecule has 0 bridgehead atoms. The summed E-state index contributed by atoms with van der Waals surface area (Å²) in [6.45, 7) is 7.37. The predicted molar refractivity (Wildman–Crippen MR) is 154 cm³/mol. The Morgan fingerprint density at radius 3 is 2.61 bits per heavy atom. The van der Waals surface area contributed by atoms with Gasteiger partial charge >= 0.3 is 0 Å². The first-order valence-electron chi connectivity index (χ1n) is 13.4. The highest BCUT2D eigenvalue weighted by atomic mass is 79.9. The van der Waals surface area contributed by atoms with Crippen LogP contribution in [0.2, 0.25) is 18.6 Å². The Labute approximate surface area is 234 Å². The Kier molecular flexibility index (Phi) is 7.26. The van der Waals surface area contributed by atoms with Crippen molar-refractivity contribution in [2.75, 3.05) is 32.2 Å². The van der Waals surface area contributed by atoms with E-state index in [9.17, 15) is 14.7 Å². The average Bonchev–Trinajstić information content (AvgIpc) is 3.55. The van der Waals surface area contributed by atoms with Crippen molar-refractivity contribution in [3.63, 3.8) is 0 Å². The lowest BCUT2D eigenvalue weighted by atomic mass is 9.82. The quantitative estimate of drug-likeness (QED) is 0.507. The van der Waals surface area contributed by atoms with Crippen molar-refractivity contribution in [1.82, 2.24) is 4.90 Å². The van der Waals surface area contributed by atoms with Gasteiger partial charge in [0.05, 0.1) is 46.0 Å². The Morgan fingerprint density at radius 1 is 1.24 bits per heavy atom. The van der Waals surface area contributed by atoms with Crippen LogP contribution in [-0.2, 0) is 19.9 Å². The first-order chi connectivity index (χ1) is 18.1. The molecule has 5 rings (SSSR count). The molecule has 0 unspecified atom stereocenters. The van der Waals surface area contributed by atoms with Gasteiger partial charge in [0.25, 0.3) is 5.91 Å². The molecule has 2 saturated heterocycles. The summed E-state index contributed by atoms with van der Waals surface area (Å²) < 4.78 is 13.2. The maximum atomic E-state index is 14.0. The number of aliphatic hydroxyl groups is 1. The normalized spacial score (nSPS) is 28.9.